The number of rotatable bonds is 9. The van der Waals surface area contributed by atoms with Gasteiger partial charge in [-0.05, 0) is 31.4 Å². The molecule has 0 saturated carbocycles. The van der Waals surface area contributed by atoms with E-state index in [1.807, 2.05) is 18.2 Å². The van der Waals surface area contributed by atoms with Crippen LogP contribution in [-0.4, -0.2) is 29.9 Å². The third-order valence-electron chi connectivity index (χ3n) is 2.50. The van der Waals surface area contributed by atoms with Crippen LogP contribution in [0.3, 0.4) is 0 Å². The Labute approximate surface area is 113 Å². The third-order valence-corrected chi connectivity index (χ3v) is 3.51. The molecule has 100 valence electrons. The van der Waals surface area contributed by atoms with Crippen LogP contribution in [0.15, 0.2) is 35.2 Å². The Balaban J connectivity index is 2.00. The summed E-state index contributed by atoms with van der Waals surface area (Å²) < 4.78 is 0. The number of hydrogen-bond acceptors (Lipinski definition) is 3. The van der Waals surface area contributed by atoms with Crippen LogP contribution in [0.2, 0.25) is 0 Å². The van der Waals surface area contributed by atoms with E-state index in [1.54, 1.807) is 11.8 Å². The fraction of sp³-hybridized carbons (Fsp3) is 0.500. The van der Waals surface area contributed by atoms with Gasteiger partial charge >= 0.3 is 0 Å². The number of benzene rings is 1. The van der Waals surface area contributed by atoms with E-state index in [2.05, 4.69) is 17.4 Å². The summed E-state index contributed by atoms with van der Waals surface area (Å²) in [5, 5.41) is 11.5. The van der Waals surface area contributed by atoms with Crippen LogP contribution in [-0.2, 0) is 4.79 Å². The topological polar surface area (TPSA) is 49.3 Å². The molecule has 0 atom stereocenters. The first-order chi connectivity index (χ1) is 8.83. The summed E-state index contributed by atoms with van der Waals surface area (Å²) in [5.41, 5.74) is 0. The summed E-state index contributed by atoms with van der Waals surface area (Å²) >= 11 is 1.70. The molecule has 0 aliphatic rings. The Morgan fingerprint density at radius 3 is 2.67 bits per heavy atom. The summed E-state index contributed by atoms with van der Waals surface area (Å²) in [4.78, 5) is 12.7. The lowest BCUT2D eigenvalue weighted by atomic mass is 10.2. The molecule has 2 N–H and O–H groups in total. The highest BCUT2D eigenvalue weighted by molar-refractivity contribution is 7.99. The van der Waals surface area contributed by atoms with E-state index in [9.17, 15) is 4.79 Å². The molecule has 0 heterocycles. The lowest BCUT2D eigenvalue weighted by molar-refractivity contribution is -0.120. The Morgan fingerprint density at radius 1 is 1.17 bits per heavy atom. The predicted octanol–water partition coefficient (Wildman–Crippen LogP) is 2.45. The van der Waals surface area contributed by atoms with Crippen molar-refractivity contribution in [3.05, 3.63) is 30.3 Å². The van der Waals surface area contributed by atoms with Crippen LogP contribution < -0.4 is 5.32 Å². The van der Waals surface area contributed by atoms with Gasteiger partial charge in [-0.3, -0.25) is 4.79 Å². The Kier molecular flexibility index (Phi) is 8.34. The van der Waals surface area contributed by atoms with E-state index < -0.39 is 0 Å². The largest absolute Gasteiger partial charge is 0.396 e. The normalized spacial score (nSPS) is 10.3. The molecular weight excluding hydrogens is 246 g/mol. The zero-order valence-electron chi connectivity index (χ0n) is 10.6. The van der Waals surface area contributed by atoms with Crippen molar-refractivity contribution in [3.8, 4) is 0 Å². The molecule has 4 heteroatoms. The van der Waals surface area contributed by atoms with Crippen molar-refractivity contribution in [3.63, 3.8) is 0 Å². The zero-order valence-corrected chi connectivity index (χ0v) is 11.4. The number of unbranched alkanes of at least 4 members (excludes halogenated alkanes) is 2. The van der Waals surface area contributed by atoms with Crippen molar-refractivity contribution in [2.24, 2.45) is 0 Å². The first-order valence-electron chi connectivity index (χ1n) is 6.38. The smallest absolute Gasteiger partial charge is 0.220 e. The highest BCUT2D eigenvalue weighted by Crippen LogP contribution is 2.17. The Morgan fingerprint density at radius 2 is 1.94 bits per heavy atom. The molecule has 1 aromatic carbocycles. The summed E-state index contributed by atoms with van der Waals surface area (Å²) in [5.74, 6) is 0.925. The minimum absolute atomic E-state index is 0.113. The van der Waals surface area contributed by atoms with Gasteiger partial charge in [-0.1, -0.05) is 18.2 Å². The molecular formula is C14H21NO2S. The second-order valence-corrected chi connectivity index (χ2v) is 5.21. The average Bonchev–Trinajstić information content (AvgIpc) is 2.40. The van der Waals surface area contributed by atoms with Crippen LogP contribution in [0.25, 0.3) is 0 Å². The summed E-state index contributed by atoms with van der Waals surface area (Å²) in [6.07, 6.45) is 3.28. The van der Waals surface area contributed by atoms with E-state index >= 15 is 0 Å². The minimum Gasteiger partial charge on any atom is -0.396 e. The number of amides is 1. The van der Waals surface area contributed by atoms with Crippen molar-refractivity contribution >= 4 is 17.7 Å². The van der Waals surface area contributed by atoms with Crippen molar-refractivity contribution in [1.29, 1.82) is 0 Å². The first kappa shape index (κ1) is 15.1. The molecule has 0 aromatic heterocycles. The number of aliphatic hydroxyl groups is 1. The summed E-state index contributed by atoms with van der Waals surface area (Å²) in [6.45, 7) is 0.955. The van der Waals surface area contributed by atoms with Crippen molar-refractivity contribution in [2.45, 2.75) is 30.6 Å². The molecule has 0 unspecified atom stereocenters. The van der Waals surface area contributed by atoms with Crippen LogP contribution in [0, 0.1) is 0 Å². The van der Waals surface area contributed by atoms with Gasteiger partial charge in [-0.15, -0.1) is 11.8 Å². The number of carbonyl (C=O) groups excluding carboxylic acids is 1. The van der Waals surface area contributed by atoms with Crippen molar-refractivity contribution in [2.75, 3.05) is 18.9 Å². The highest BCUT2D eigenvalue weighted by Gasteiger charge is 2.01. The van der Waals surface area contributed by atoms with E-state index in [4.69, 9.17) is 5.11 Å². The van der Waals surface area contributed by atoms with Gasteiger partial charge in [0.25, 0.3) is 0 Å². The predicted molar refractivity (Wildman–Crippen MR) is 75.7 cm³/mol. The number of hydrogen-bond donors (Lipinski definition) is 2. The lowest BCUT2D eigenvalue weighted by Crippen LogP contribution is -2.24. The number of aliphatic hydroxyl groups excluding tert-OH is 1. The summed E-state index contributed by atoms with van der Waals surface area (Å²) in [6, 6.07) is 10.1. The average molecular weight is 267 g/mol. The van der Waals surface area contributed by atoms with Crippen LogP contribution in [0.4, 0.5) is 0 Å². The maximum Gasteiger partial charge on any atom is 0.220 e. The van der Waals surface area contributed by atoms with Gasteiger partial charge in [-0.2, -0.15) is 0 Å². The molecule has 1 amide bonds. The fourth-order valence-electron chi connectivity index (χ4n) is 1.51. The molecule has 0 aliphatic heterocycles. The second-order valence-electron chi connectivity index (χ2n) is 4.05. The molecule has 0 aliphatic carbocycles. The van der Waals surface area contributed by atoms with Gasteiger partial charge in [0.05, 0.1) is 0 Å². The van der Waals surface area contributed by atoms with Gasteiger partial charge in [0.2, 0.25) is 5.91 Å². The second kappa shape index (κ2) is 9.97. The quantitative estimate of drug-likeness (QED) is 0.534. The molecule has 0 saturated heterocycles. The molecule has 1 aromatic rings. The third kappa shape index (κ3) is 7.35. The Bertz CT molecular complexity index is 330. The highest BCUT2D eigenvalue weighted by atomic mass is 32.2. The minimum atomic E-state index is 0.113. The van der Waals surface area contributed by atoms with Gasteiger partial charge in [0.1, 0.15) is 0 Å². The van der Waals surface area contributed by atoms with Gasteiger partial charge in [0.15, 0.2) is 0 Å². The fourth-order valence-corrected chi connectivity index (χ4v) is 2.38. The molecule has 0 spiro atoms. The number of nitrogens with one attached hydrogen (secondary N) is 1. The maximum atomic E-state index is 11.5. The van der Waals surface area contributed by atoms with Gasteiger partial charge in [-0.25, -0.2) is 0 Å². The number of thioether (sulfide) groups is 1. The van der Waals surface area contributed by atoms with E-state index in [0.717, 1.165) is 31.6 Å². The summed E-state index contributed by atoms with van der Waals surface area (Å²) in [7, 11) is 0. The molecule has 18 heavy (non-hydrogen) atoms. The van der Waals surface area contributed by atoms with Crippen LogP contribution in [0.5, 0.6) is 0 Å². The Hall–Kier alpha value is -1.00. The number of carbonyl (C=O) groups is 1. The van der Waals surface area contributed by atoms with Crippen molar-refractivity contribution < 1.29 is 9.90 Å². The van der Waals surface area contributed by atoms with E-state index in [1.165, 1.54) is 4.90 Å². The lowest BCUT2D eigenvalue weighted by Gasteiger charge is -2.04. The van der Waals surface area contributed by atoms with E-state index in [-0.39, 0.29) is 12.5 Å². The standard InChI is InChI=1S/C14H21NO2S/c16-11-6-2-5-10-15-14(17)9-12-18-13-7-3-1-4-8-13/h1,3-4,7-8,16H,2,5-6,9-12H2,(H,15,17). The first-order valence-corrected chi connectivity index (χ1v) is 7.37. The van der Waals surface area contributed by atoms with Crippen LogP contribution >= 0.6 is 11.8 Å². The molecule has 1 rings (SSSR count). The van der Waals surface area contributed by atoms with E-state index in [0.29, 0.717) is 6.42 Å². The zero-order chi connectivity index (χ0) is 13.1. The molecule has 0 fully saturated rings. The maximum absolute atomic E-state index is 11.5. The molecule has 0 bridgehead atoms. The molecule has 0 radical (unpaired) electrons. The monoisotopic (exact) mass is 267 g/mol. The van der Waals surface area contributed by atoms with Crippen LogP contribution in [0.1, 0.15) is 25.7 Å². The SMILES string of the molecule is O=C(CCSc1ccccc1)NCCCCCO. The molecule has 3 nitrogen and oxygen atoms in total. The van der Waals surface area contributed by atoms with Gasteiger partial charge < -0.3 is 10.4 Å². The van der Waals surface area contributed by atoms with Crippen molar-refractivity contribution in [1.82, 2.24) is 5.32 Å². The van der Waals surface area contributed by atoms with Gasteiger partial charge in [0, 0.05) is 30.2 Å².